The van der Waals surface area contributed by atoms with Crippen LogP contribution in [0.4, 0.5) is 0 Å². The Bertz CT molecular complexity index is 545. The van der Waals surface area contributed by atoms with Crippen molar-refractivity contribution in [2.45, 2.75) is 58.6 Å². The molecule has 1 saturated carbocycles. The molecule has 0 aromatic heterocycles. The second-order valence-electron chi connectivity index (χ2n) is 6.79. The quantitative estimate of drug-likeness (QED) is 0.811. The number of esters is 1. The Labute approximate surface area is 143 Å². The van der Waals surface area contributed by atoms with Gasteiger partial charge in [0.15, 0.2) is 6.61 Å². The molecule has 0 unspecified atom stereocenters. The van der Waals surface area contributed by atoms with E-state index in [4.69, 9.17) is 9.47 Å². The smallest absolute Gasteiger partial charge is 0.338 e. The summed E-state index contributed by atoms with van der Waals surface area (Å²) in [7, 11) is 0. The lowest BCUT2D eigenvalue weighted by atomic mass is 9.87. The lowest BCUT2D eigenvalue weighted by Gasteiger charge is -2.26. The van der Waals surface area contributed by atoms with Crippen molar-refractivity contribution in [3.8, 4) is 5.75 Å². The zero-order chi connectivity index (χ0) is 17.5. The van der Waals surface area contributed by atoms with Crippen LogP contribution < -0.4 is 10.1 Å². The zero-order valence-electron chi connectivity index (χ0n) is 14.7. The summed E-state index contributed by atoms with van der Waals surface area (Å²) in [5.74, 6) is 0.700. The van der Waals surface area contributed by atoms with E-state index in [1.54, 1.807) is 24.3 Å². The fourth-order valence-corrected chi connectivity index (χ4v) is 2.83. The highest BCUT2D eigenvalue weighted by atomic mass is 16.5. The maximum absolute atomic E-state index is 12.0. The van der Waals surface area contributed by atoms with E-state index in [0.717, 1.165) is 31.6 Å². The van der Waals surface area contributed by atoms with Gasteiger partial charge < -0.3 is 14.8 Å². The molecule has 0 spiro atoms. The predicted octanol–water partition coefficient (Wildman–Crippen LogP) is 3.33. The van der Waals surface area contributed by atoms with E-state index in [1.807, 2.05) is 13.8 Å². The van der Waals surface area contributed by atoms with Crippen LogP contribution in [0.2, 0.25) is 0 Å². The number of carbonyl (C=O) groups is 2. The molecule has 1 aliphatic rings. The summed E-state index contributed by atoms with van der Waals surface area (Å²) in [5.41, 5.74) is 0.408. The number of amides is 1. The van der Waals surface area contributed by atoms with Gasteiger partial charge in [-0.25, -0.2) is 4.79 Å². The summed E-state index contributed by atoms with van der Waals surface area (Å²) < 4.78 is 10.6. The predicted molar refractivity (Wildman–Crippen MR) is 92.1 cm³/mol. The molecule has 1 amide bonds. The Balaban J connectivity index is 1.74. The van der Waals surface area contributed by atoms with Crippen LogP contribution in [0.3, 0.4) is 0 Å². The maximum Gasteiger partial charge on any atom is 0.338 e. The highest BCUT2D eigenvalue weighted by Crippen LogP contribution is 2.23. The molecule has 5 heteroatoms. The van der Waals surface area contributed by atoms with E-state index in [-0.39, 0.29) is 24.7 Å². The fourth-order valence-electron chi connectivity index (χ4n) is 2.83. The van der Waals surface area contributed by atoms with E-state index in [9.17, 15) is 9.59 Å². The molecular formula is C19H27NO4. The molecule has 0 bridgehead atoms. The highest BCUT2D eigenvalue weighted by Gasteiger charge is 2.20. The van der Waals surface area contributed by atoms with Crippen LogP contribution in [0.25, 0.3) is 0 Å². The van der Waals surface area contributed by atoms with Crippen molar-refractivity contribution in [1.82, 2.24) is 5.32 Å². The summed E-state index contributed by atoms with van der Waals surface area (Å²) >= 11 is 0. The third-order valence-corrected chi connectivity index (χ3v) is 4.18. The number of benzene rings is 1. The summed E-state index contributed by atoms with van der Waals surface area (Å²) in [6, 6.07) is 6.93. The molecule has 0 atom stereocenters. The molecule has 1 aromatic carbocycles. The van der Waals surface area contributed by atoms with Gasteiger partial charge in [-0.15, -0.1) is 0 Å². The molecule has 132 valence electrons. The lowest BCUT2D eigenvalue weighted by Crippen LogP contribution is -2.39. The van der Waals surface area contributed by atoms with Crippen molar-refractivity contribution in [3.63, 3.8) is 0 Å². The van der Waals surface area contributed by atoms with Gasteiger partial charge in [0.1, 0.15) is 5.75 Å². The van der Waals surface area contributed by atoms with E-state index in [0.29, 0.717) is 11.3 Å². The summed E-state index contributed by atoms with van der Waals surface area (Å²) in [4.78, 5) is 23.9. The summed E-state index contributed by atoms with van der Waals surface area (Å²) in [5, 5.41) is 2.94. The molecule has 24 heavy (non-hydrogen) atoms. The first-order valence-corrected chi connectivity index (χ1v) is 8.67. The average Bonchev–Trinajstić information content (AvgIpc) is 2.55. The van der Waals surface area contributed by atoms with Gasteiger partial charge in [-0.3, -0.25) is 4.79 Å². The van der Waals surface area contributed by atoms with Gasteiger partial charge in [0, 0.05) is 6.04 Å². The van der Waals surface area contributed by atoms with Gasteiger partial charge in [0.2, 0.25) is 0 Å². The van der Waals surface area contributed by atoms with E-state index in [1.165, 1.54) is 0 Å². The van der Waals surface area contributed by atoms with Crippen molar-refractivity contribution in [2.75, 3.05) is 6.61 Å². The van der Waals surface area contributed by atoms with Crippen LogP contribution in [-0.2, 0) is 9.53 Å². The molecule has 1 aromatic rings. The highest BCUT2D eigenvalue weighted by molar-refractivity contribution is 5.91. The van der Waals surface area contributed by atoms with Gasteiger partial charge in [0.25, 0.3) is 5.91 Å². The Morgan fingerprint density at radius 1 is 1.12 bits per heavy atom. The van der Waals surface area contributed by atoms with Crippen LogP contribution in [-0.4, -0.2) is 30.6 Å². The van der Waals surface area contributed by atoms with Crippen LogP contribution in [0.15, 0.2) is 24.3 Å². The number of rotatable bonds is 6. The molecule has 0 aliphatic heterocycles. The van der Waals surface area contributed by atoms with E-state index in [2.05, 4.69) is 12.2 Å². The molecule has 1 aliphatic carbocycles. The minimum Gasteiger partial charge on any atom is -0.491 e. The van der Waals surface area contributed by atoms with Crippen LogP contribution in [0.1, 0.15) is 56.8 Å². The van der Waals surface area contributed by atoms with E-state index >= 15 is 0 Å². The first kappa shape index (κ1) is 18.3. The Kier molecular flexibility index (Phi) is 6.64. The minimum absolute atomic E-state index is 0.0780. The van der Waals surface area contributed by atoms with Crippen LogP contribution in [0.5, 0.6) is 5.75 Å². The fraction of sp³-hybridized carbons (Fsp3) is 0.579. The number of carbonyl (C=O) groups excluding carboxylic acids is 2. The number of hydrogen-bond acceptors (Lipinski definition) is 4. The Hall–Kier alpha value is -2.04. The van der Waals surface area contributed by atoms with E-state index < -0.39 is 5.97 Å². The van der Waals surface area contributed by atoms with Crippen molar-refractivity contribution < 1.29 is 19.1 Å². The van der Waals surface area contributed by atoms with Gasteiger partial charge in [0.05, 0.1) is 11.7 Å². The second-order valence-corrected chi connectivity index (χ2v) is 6.79. The van der Waals surface area contributed by atoms with Crippen molar-refractivity contribution >= 4 is 11.9 Å². The SMILES string of the molecule is CC1CCC(NC(=O)COC(=O)c2ccc(OC(C)C)cc2)CC1. The average molecular weight is 333 g/mol. The lowest BCUT2D eigenvalue weighted by molar-refractivity contribution is -0.125. The van der Waals surface area contributed by atoms with Gasteiger partial charge >= 0.3 is 5.97 Å². The minimum atomic E-state index is -0.501. The number of ether oxygens (including phenoxy) is 2. The maximum atomic E-state index is 12.0. The van der Waals surface area contributed by atoms with Crippen molar-refractivity contribution in [2.24, 2.45) is 5.92 Å². The summed E-state index contributed by atoms with van der Waals surface area (Å²) in [6.45, 7) is 5.87. The third kappa shape index (κ3) is 5.87. The molecule has 1 N–H and O–H groups in total. The van der Waals surface area contributed by atoms with Crippen molar-refractivity contribution in [1.29, 1.82) is 0 Å². The van der Waals surface area contributed by atoms with Crippen LogP contribution >= 0.6 is 0 Å². The van der Waals surface area contributed by atoms with Gasteiger partial charge in [-0.05, 0) is 69.7 Å². The molecule has 0 radical (unpaired) electrons. The molecular weight excluding hydrogens is 306 g/mol. The zero-order valence-corrected chi connectivity index (χ0v) is 14.7. The molecule has 0 heterocycles. The first-order valence-electron chi connectivity index (χ1n) is 8.67. The Morgan fingerprint density at radius 3 is 2.33 bits per heavy atom. The molecule has 0 saturated heterocycles. The van der Waals surface area contributed by atoms with Gasteiger partial charge in [-0.1, -0.05) is 6.92 Å². The topological polar surface area (TPSA) is 64.6 Å². The molecule has 2 rings (SSSR count). The largest absolute Gasteiger partial charge is 0.491 e. The summed E-state index contributed by atoms with van der Waals surface area (Å²) in [6.07, 6.45) is 4.34. The number of nitrogens with one attached hydrogen (secondary N) is 1. The second kappa shape index (κ2) is 8.71. The van der Waals surface area contributed by atoms with Crippen LogP contribution in [0, 0.1) is 5.92 Å². The third-order valence-electron chi connectivity index (χ3n) is 4.18. The van der Waals surface area contributed by atoms with Gasteiger partial charge in [-0.2, -0.15) is 0 Å². The van der Waals surface area contributed by atoms with Crippen molar-refractivity contribution in [3.05, 3.63) is 29.8 Å². The molecule has 5 nitrogen and oxygen atoms in total. The monoisotopic (exact) mass is 333 g/mol. The standard InChI is InChI=1S/C19H27NO4/c1-13(2)24-17-10-6-15(7-11-17)19(22)23-12-18(21)20-16-8-4-14(3)5-9-16/h6-7,10-11,13-14,16H,4-5,8-9,12H2,1-3H3,(H,20,21). The molecule has 1 fully saturated rings. The number of hydrogen-bond donors (Lipinski definition) is 1. The normalized spacial score (nSPS) is 20.5. The Morgan fingerprint density at radius 2 is 1.75 bits per heavy atom. The first-order chi connectivity index (χ1) is 11.4.